The Morgan fingerprint density at radius 3 is 2.50 bits per heavy atom. The van der Waals surface area contributed by atoms with Gasteiger partial charge in [0.2, 0.25) is 5.91 Å². The quantitative estimate of drug-likeness (QED) is 0.358. The Balaban J connectivity index is 0.00000288. The maximum Gasteiger partial charge on any atom is 0.230 e. The Morgan fingerprint density at radius 1 is 1.25 bits per heavy atom. The van der Waals surface area contributed by atoms with Gasteiger partial charge in [-0.15, -0.1) is 24.0 Å². The molecule has 24 heavy (non-hydrogen) atoms. The fourth-order valence-corrected chi connectivity index (χ4v) is 4.75. The zero-order valence-electron chi connectivity index (χ0n) is 15.3. The number of hydrogen-bond donors (Lipinski definition) is 2. The number of rotatable bonds is 6. The van der Waals surface area contributed by atoms with Crippen molar-refractivity contribution < 1.29 is 4.79 Å². The lowest BCUT2D eigenvalue weighted by atomic mass is 9.85. The van der Waals surface area contributed by atoms with Crippen LogP contribution in [-0.2, 0) is 4.79 Å². The van der Waals surface area contributed by atoms with Crippen LogP contribution in [0.4, 0.5) is 0 Å². The highest BCUT2D eigenvalue weighted by Gasteiger charge is 2.42. The molecule has 2 aliphatic rings. The molecular weight excluding hydrogens is 435 g/mol. The second-order valence-corrected chi connectivity index (χ2v) is 8.31. The summed E-state index contributed by atoms with van der Waals surface area (Å²) in [6.07, 6.45) is 6.82. The van der Waals surface area contributed by atoms with Gasteiger partial charge in [-0.05, 0) is 38.4 Å². The van der Waals surface area contributed by atoms with Crippen LogP contribution in [0.2, 0.25) is 0 Å². The van der Waals surface area contributed by atoms with Gasteiger partial charge in [0.25, 0.3) is 0 Å². The van der Waals surface area contributed by atoms with Gasteiger partial charge in [-0.25, -0.2) is 0 Å². The zero-order chi connectivity index (χ0) is 16.7. The van der Waals surface area contributed by atoms with Gasteiger partial charge in [-0.2, -0.15) is 11.8 Å². The molecule has 1 amide bonds. The van der Waals surface area contributed by atoms with Crippen molar-refractivity contribution in [3.63, 3.8) is 0 Å². The first kappa shape index (κ1) is 21.9. The molecule has 1 unspecified atom stereocenters. The minimum atomic E-state index is -0.284. The molecule has 1 heterocycles. The van der Waals surface area contributed by atoms with Crippen LogP contribution in [0.1, 0.15) is 45.4 Å². The first-order valence-corrected chi connectivity index (χ1v) is 9.98. The van der Waals surface area contributed by atoms with Crippen molar-refractivity contribution in [1.29, 1.82) is 0 Å². The minimum Gasteiger partial charge on any atom is -0.357 e. The second-order valence-electron chi connectivity index (χ2n) is 6.90. The zero-order valence-corrected chi connectivity index (χ0v) is 18.4. The van der Waals surface area contributed by atoms with Crippen LogP contribution < -0.4 is 10.6 Å². The van der Waals surface area contributed by atoms with Crippen LogP contribution in [0.3, 0.4) is 0 Å². The average molecular weight is 468 g/mol. The van der Waals surface area contributed by atoms with Gasteiger partial charge in [0.1, 0.15) is 0 Å². The number of aliphatic imine (C=N–C) groups is 1. The van der Waals surface area contributed by atoms with Crippen LogP contribution in [0.15, 0.2) is 4.99 Å². The van der Waals surface area contributed by atoms with E-state index in [1.165, 1.54) is 18.6 Å². The SMILES string of the molecule is CCNC(=NCC1(C(=O)N(C)C)CCCC1)NCC1CCCS1.I. The van der Waals surface area contributed by atoms with E-state index in [0.717, 1.165) is 44.7 Å². The van der Waals surface area contributed by atoms with Crippen molar-refractivity contribution in [3.8, 4) is 0 Å². The van der Waals surface area contributed by atoms with Crippen LogP contribution in [-0.4, -0.2) is 61.5 Å². The Hall–Kier alpha value is -0.180. The summed E-state index contributed by atoms with van der Waals surface area (Å²) in [7, 11) is 3.71. The molecule has 1 saturated carbocycles. The predicted molar refractivity (Wildman–Crippen MR) is 114 cm³/mol. The molecule has 2 fully saturated rings. The number of guanidine groups is 1. The molecule has 2 rings (SSSR count). The highest BCUT2D eigenvalue weighted by Crippen LogP contribution is 2.39. The highest BCUT2D eigenvalue weighted by molar-refractivity contribution is 14.0. The maximum atomic E-state index is 12.6. The fraction of sp³-hybridized carbons (Fsp3) is 0.882. The van der Waals surface area contributed by atoms with Crippen molar-refractivity contribution in [2.45, 2.75) is 50.7 Å². The summed E-state index contributed by atoms with van der Waals surface area (Å²) in [6, 6.07) is 0. The lowest BCUT2D eigenvalue weighted by Crippen LogP contribution is -2.44. The van der Waals surface area contributed by atoms with Crippen molar-refractivity contribution in [3.05, 3.63) is 0 Å². The molecule has 0 aromatic heterocycles. The molecule has 1 aliphatic carbocycles. The van der Waals surface area contributed by atoms with E-state index in [2.05, 4.69) is 17.6 Å². The molecule has 0 radical (unpaired) electrons. The molecule has 0 aromatic rings. The number of halogens is 1. The average Bonchev–Trinajstić information content (AvgIpc) is 3.21. The fourth-order valence-electron chi connectivity index (χ4n) is 3.55. The summed E-state index contributed by atoms with van der Waals surface area (Å²) < 4.78 is 0. The molecule has 1 saturated heterocycles. The lowest BCUT2D eigenvalue weighted by Gasteiger charge is -2.29. The van der Waals surface area contributed by atoms with Gasteiger partial charge < -0.3 is 15.5 Å². The largest absolute Gasteiger partial charge is 0.357 e. The van der Waals surface area contributed by atoms with E-state index in [1.54, 1.807) is 4.90 Å². The number of nitrogens with zero attached hydrogens (tertiary/aromatic N) is 2. The first-order chi connectivity index (χ1) is 11.1. The minimum absolute atomic E-state index is 0. The maximum absolute atomic E-state index is 12.6. The van der Waals surface area contributed by atoms with E-state index in [0.29, 0.717) is 11.8 Å². The summed E-state index contributed by atoms with van der Waals surface area (Å²) in [5.41, 5.74) is -0.284. The summed E-state index contributed by atoms with van der Waals surface area (Å²) in [6.45, 7) is 4.48. The topological polar surface area (TPSA) is 56.7 Å². The van der Waals surface area contributed by atoms with E-state index >= 15 is 0 Å². The van der Waals surface area contributed by atoms with E-state index < -0.39 is 0 Å². The number of carbonyl (C=O) groups is 1. The number of hydrogen-bond acceptors (Lipinski definition) is 3. The van der Waals surface area contributed by atoms with Crippen LogP contribution in [0.5, 0.6) is 0 Å². The third-order valence-electron chi connectivity index (χ3n) is 4.83. The van der Waals surface area contributed by atoms with Gasteiger partial charge in [-0.1, -0.05) is 12.8 Å². The smallest absolute Gasteiger partial charge is 0.230 e. The summed E-state index contributed by atoms with van der Waals surface area (Å²) in [5, 5.41) is 7.48. The summed E-state index contributed by atoms with van der Waals surface area (Å²) in [5.74, 6) is 2.37. The summed E-state index contributed by atoms with van der Waals surface area (Å²) in [4.78, 5) is 19.1. The monoisotopic (exact) mass is 468 g/mol. The van der Waals surface area contributed by atoms with Gasteiger partial charge >= 0.3 is 0 Å². The standard InChI is InChI=1S/C17H32N4OS.HI/c1-4-18-16(19-12-14-8-7-11-23-14)20-13-17(9-5-6-10-17)15(22)21(2)3;/h14H,4-13H2,1-3H3,(H2,18,19,20);1H. The Morgan fingerprint density at radius 2 is 1.96 bits per heavy atom. The van der Waals surface area contributed by atoms with E-state index in [-0.39, 0.29) is 35.3 Å². The Labute approximate surface area is 168 Å². The van der Waals surface area contributed by atoms with Crippen molar-refractivity contribution in [2.75, 3.05) is 39.5 Å². The van der Waals surface area contributed by atoms with Gasteiger partial charge in [0.05, 0.1) is 12.0 Å². The third kappa shape index (κ3) is 5.97. The second kappa shape index (κ2) is 10.7. The Bertz CT molecular complexity index is 419. The summed E-state index contributed by atoms with van der Waals surface area (Å²) >= 11 is 2.05. The van der Waals surface area contributed by atoms with E-state index in [4.69, 9.17) is 4.99 Å². The molecule has 0 aromatic carbocycles. The number of amides is 1. The van der Waals surface area contributed by atoms with E-state index in [1.807, 2.05) is 25.9 Å². The molecule has 1 atom stereocenters. The number of carbonyl (C=O) groups excluding carboxylic acids is 1. The number of nitrogens with one attached hydrogen (secondary N) is 2. The van der Waals surface area contributed by atoms with Crippen LogP contribution >= 0.6 is 35.7 Å². The normalized spacial score (nSPS) is 22.8. The molecule has 5 nitrogen and oxygen atoms in total. The van der Waals surface area contributed by atoms with E-state index in [9.17, 15) is 4.79 Å². The van der Waals surface area contributed by atoms with Crippen LogP contribution in [0.25, 0.3) is 0 Å². The molecule has 0 spiro atoms. The molecule has 140 valence electrons. The first-order valence-electron chi connectivity index (χ1n) is 8.93. The van der Waals surface area contributed by atoms with Crippen molar-refractivity contribution in [1.82, 2.24) is 15.5 Å². The molecule has 0 bridgehead atoms. The third-order valence-corrected chi connectivity index (χ3v) is 6.22. The molecule has 2 N–H and O–H groups in total. The van der Waals surface area contributed by atoms with Crippen LogP contribution in [0, 0.1) is 5.41 Å². The Kier molecular flexibility index (Phi) is 9.77. The predicted octanol–water partition coefficient (Wildman–Crippen LogP) is 2.70. The van der Waals surface area contributed by atoms with Gasteiger partial charge in [0, 0.05) is 32.4 Å². The number of thioether (sulfide) groups is 1. The van der Waals surface area contributed by atoms with Gasteiger partial charge in [0.15, 0.2) is 5.96 Å². The lowest BCUT2D eigenvalue weighted by molar-refractivity contribution is -0.138. The van der Waals surface area contributed by atoms with Crippen molar-refractivity contribution in [2.24, 2.45) is 10.4 Å². The molecular formula is C17H33IN4OS. The molecule has 7 heteroatoms. The molecule has 1 aliphatic heterocycles. The van der Waals surface area contributed by atoms with Gasteiger partial charge in [-0.3, -0.25) is 9.79 Å². The van der Waals surface area contributed by atoms with Crippen molar-refractivity contribution >= 4 is 47.6 Å². The highest BCUT2D eigenvalue weighted by atomic mass is 127.